The molecule has 1 aromatic rings. The molecule has 0 unspecified atom stereocenters. The molecule has 3 rings (SSSR count). The number of nitrogens with zero attached hydrogens (tertiary/aromatic N) is 1. The zero-order valence-electron chi connectivity index (χ0n) is 12.9. The summed E-state index contributed by atoms with van der Waals surface area (Å²) in [6.45, 7) is 8.18. The maximum absolute atomic E-state index is 6.03. The Morgan fingerprint density at radius 2 is 1.80 bits per heavy atom. The van der Waals surface area contributed by atoms with Crippen LogP contribution in [0.4, 0.5) is 0 Å². The minimum atomic E-state index is -0.429. The van der Waals surface area contributed by atoms with Gasteiger partial charge in [-0.3, -0.25) is 4.98 Å². The second-order valence-electron chi connectivity index (χ2n) is 6.71. The van der Waals surface area contributed by atoms with Crippen LogP contribution < -0.4 is 10.3 Å². The summed E-state index contributed by atoms with van der Waals surface area (Å²) >= 11 is 0. The van der Waals surface area contributed by atoms with Gasteiger partial charge in [0.15, 0.2) is 0 Å². The third kappa shape index (κ3) is 2.23. The molecule has 0 N–H and O–H groups in total. The van der Waals surface area contributed by atoms with Gasteiger partial charge in [-0.2, -0.15) is 0 Å². The molecule has 20 heavy (non-hydrogen) atoms. The number of aromatic nitrogens is 1. The minimum absolute atomic E-state index is 0.345. The van der Waals surface area contributed by atoms with E-state index < -0.39 is 7.12 Å². The molecular weight excluding hydrogens is 253 g/mol. The van der Waals surface area contributed by atoms with Crippen molar-refractivity contribution < 1.29 is 14.0 Å². The molecule has 2 fully saturated rings. The average molecular weight is 275 g/mol. The van der Waals surface area contributed by atoms with Gasteiger partial charge in [-0.1, -0.05) is 0 Å². The summed E-state index contributed by atoms with van der Waals surface area (Å²) in [5.41, 5.74) is 1.29. The van der Waals surface area contributed by atoms with Gasteiger partial charge in [0, 0.05) is 11.8 Å². The normalized spacial score (nSPS) is 23.9. The highest BCUT2D eigenvalue weighted by atomic mass is 16.7. The zero-order valence-corrected chi connectivity index (χ0v) is 12.9. The minimum Gasteiger partial charge on any atom is -0.496 e. The first kappa shape index (κ1) is 13.9. The van der Waals surface area contributed by atoms with Crippen LogP contribution in [-0.2, 0) is 9.31 Å². The maximum Gasteiger partial charge on any atom is 0.514 e. The van der Waals surface area contributed by atoms with E-state index >= 15 is 0 Å². The summed E-state index contributed by atoms with van der Waals surface area (Å²) in [4.78, 5) is 4.53. The van der Waals surface area contributed by atoms with Crippen molar-refractivity contribution in [3.05, 3.63) is 17.8 Å². The van der Waals surface area contributed by atoms with Gasteiger partial charge < -0.3 is 14.0 Å². The van der Waals surface area contributed by atoms with Crippen LogP contribution in [0, 0.1) is 0 Å². The number of hydrogen-bond acceptors (Lipinski definition) is 4. The fourth-order valence-electron chi connectivity index (χ4n) is 2.43. The molecule has 1 saturated carbocycles. The van der Waals surface area contributed by atoms with Crippen LogP contribution >= 0.6 is 0 Å². The van der Waals surface area contributed by atoms with E-state index in [1.165, 1.54) is 18.4 Å². The van der Waals surface area contributed by atoms with Crippen molar-refractivity contribution in [3.8, 4) is 5.75 Å². The fraction of sp³-hybridized carbons (Fsp3) is 0.667. The molecule has 2 aliphatic rings. The van der Waals surface area contributed by atoms with Crippen molar-refractivity contribution >= 4 is 12.7 Å². The Balaban J connectivity index is 1.88. The predicted octanol–water partition coefficient (Wildman–Crippen LogP) is 2.27. The van der Waals surface area contributed by atoms with Crippen molar-refractivity contribution in [3.63, 3.8) is 0 Å². The lowest BCUT2D eigenvalue weighted by Gasteiger charge is -2.32. The summed E-state index contributed by atoms with van der Waals surface area (Å²) in [5, 5.41) is 0. The topological polar surface area (TPSA) is 40.6 Å². The first-order valence-electron chi connectivity index (χ1n) is 7.23. The summed E-state index contributed by atoms with van der Waals surface area (Å²) in [6, 6.07) is 1.95. The van der Waals surface area contributed by atoms with Gasteiger partial charge in [-0.25, -0.2) is 0 Å². The molecule has 0 atom stereocenters. The van der Waals surface area contributed by atoms with E-state index in [1.54, 1.807) is 7.11 Å². The van der Waals surface area contributed by atoms with Crippen molar-refractivity contribution in [2.24, 2.45) is 0 Å². The van der Waals surface area contributed by atoms with Gasteiger partial charge >= 0.3 is 7.12 Å². The summed E-state index contributed by atoms with van der Waals surface area (Å²) in [6.07, 6.45) is 4.37. The second-order valence-corrected chi connectivity index (χ2v) is 6.71. The molecule has 5 heteroatoms. The lowest BCUT2D eigenvalue weighted by molar-refractivity contribution is 0.00578. The number of hydrogen-bond donors (Lipinski definition) is 0. The van der Waals surface area contributed by atoms with Crippen molar-refractivity contribution in [1.82, 2.24) is 4.98 Å². The van der Waals surface area contributed by atoms with Crippen molar-refractivity contribution in [1.29, 1.82) is 0 Å². The van der Waals surface area contributed by atoms with Gasteiger partial charge in [0.1, 0.15) is 5.75 Å². The highest BCUT2D eigenvalue weighted by Crippen LogP contribution is 2.43. The van der Waals surface area contributed by atoms with Crippen LogP contribution in [-0.4, -0.2) is 30.4 Å². The molecule has 1 saturated heterocycles. The van der Waals surface area contributed by atoms with Crippen molar-refractivity contribution in [2.75, 3.05) is 7.11 Å². The van der Waals surface area contributed by atoms with Crippen LogP contribution in [0.3, 0.4) is 0 Å². The lowest BCUT2D eigenvalue weighted by Crippen LogP contribution is -2.41. The molecule has 1 aliphatic heterocycles. The van der Waals surface area contributed by atoms with Crippen LogP contribution in [0.25, 0.3) is 0 Å². The molecule has 0 radical (unpaired) electrons. The van der Waals surface area contributed by atoms with E-state index in [4.69, 9.17) is 14.0 Å². The highest BCUT2D eigenvalue weighted by Gasteiger charge is 2.52. The summed E-state index contributed by atoms with van der Waals surface area (Å²) in [5.74, 6) is 1.51. The molecule has 1 aliphatic carbocycles. The third-order valence-corrected chi connectivity index (χ3v) is 4.65. The smallest absolute Gasteiger partial charge is 0.496 e. The van der Waals surface area contributed by atoms with Crippen LogP contribution in [0.5, 0.6) is 5.75 Å². The first-order chi connectivity index (χ1) is 9.34. The van der Waals surface area contributed by atoms with Crippen molar-refractivity contribution in [2.45, 2.75) is 57.7 Å². The quantitative estimate of drug-likeness (QED) is 0.793. The van der Waals surface area contributed by atoms with Crippen LogP contribution in [0.15, 0.2) is 12.3 Å². The largest absolute Gasteiger partial charge is 0.514 e. The Labute approximate surface area is 121 Å². The molecule has 0 amide bonds. The van der Waals surface area contributed by atoms with E-state index in [-0.39, 0.29) is 11.2 Å². The van der Waals surface area contributed by atoms with E-state index in [2.05, 4.69) is 4.98 Å². The Morgan fingerprint density at radius 1 is 1.20 bits per heavy atom. The standard InChI is InChI=1S/C15H22BNO3/c1-14(2)15(3,4)20-16(19-14)13-8-12(18-5)11(9-17-13)10-6-7-10/h8-10H,6-7H2,1-5H3. The Hall–Kier alpha value is -1.07. The van der Waals surface area contributed by atoms with Crippen LogP contribution in [0.2, 0.25) is 0 Å². The second kappa shape index (κ2) is 4.47. The average Bonchev–Trinajstić information content (AvgIpc) is 3.17. The Morgan fingerprint density at radius 3 is 2.30 bits per heavy atom. The van der Waals surface area contributed by atoms with Gasteiger partial charge in [0.05, 0.1) is 23.9 Å². The van der Waals surface area contributed by atoms with E-state index in [0.717, 1.165) is 11.3 Å². The highest BCUT2D eigenvalue weighted by molar-refractivity contribution is 6.61. The lowest BCUT2D eigenvalue weighted by atomic mass is 9.83. The molecule has 0 bridgehead atoms. The molecule has 0 aromatic carbocycles. The van der Waals surface area contributed by atoms with Gasteiger partial charge in [-0.05, 0) is 52.5 Å². The molecular formula is C15H22BNO3. The third-order valence-electron chi connectivity index (χ3n) is 4.65. The molecule has 0 spiro atoms. The van der Waals surface area contributed by atoms with Gasteiger partial charge in [-0.15, -0.1) is 0 Å². The first-order valence-corrected chi connectivity index (χ1v) is 7.23. The van der Waals surface area contributed by atoms with E-state index in [1.807, 2.05) is 40.0 Å². The summed E-state index contributed by atoms with van der Waals surface area (Å²) < 4.78 is 17.6. The Kier molecular flexibility index (Phi) is 3.10. The predicted molar refractivity (Wildman–Crippen MR) is 78.5 cm³/mol. The number of pyridine rings is 1. The van der Waals surface area contributed by atoms with E-state index in [9.17, 15) is 0 Å². The van der Waals surface area contributed by atoms with Gasteiger partial charge in [0.25, 0.3) is 0 Å². The van der Waals surface area contributed by atoms with Gasteiger partial charge in [0.2, 0.25) is 0 Å². The molecule has 4 nitrogen and oxygen atoms in total. The van der Waals surface area contributed by atoms with Crippen LogP contribution in [0.1, 0.15) is 52.0 Å². The number of methoxy groups -OCH3 is 1. The number of ether oxygens (including phenoxy) is 1. The number of rotatable bonds is 3. The SMILES string of the molecule is COc1cc(B2OC(C)(C)C(C)(C)O2)ncc1C1CC1. The Bertz CT molecular complexity index is 510. The monoisotopic (exact) mass is 275 g/mol. The fourth-order valence-corrected chi connectivity index (χ4v) is 2.43. The summed E-state index contributed by atoms with van der Waals surface area (Å²) in [7, 11) is 1.28. The molecule has 2 heterocycles. The molecule has 108 valence electrons. The molecule has 1 aromatic heterocycles. The maximum atomic E-state index is 6.03. The zero-order chi connectivity index (χ0) is 14.5. The van der Waals surface area contributed by atoms with E-state index in [0.29, 0.717) is 5.92 Å².